The van der Waals surface area contributed by atoms with Crippen LogP contribution in [0.1, 0.15) is 51.0 Å². The van der Waals surface area contributed by atoms with Crippen molar-refractivity contribution in [1.29, 1.82) is 0 Å². The minimum atomic E-state index is -0.813. The predicted octanol–water partition coefficient (Wildman–Crippen LogP) is 2.14. The Bertz CT molecular complexity index is 813. The minimum Gasteiger partial charge on any atom is -0.449 e. The van der Waals surface area contributed by atoms with Gasteiger partial charge < -0.3 is 25.5 Å². The fraction of sp³-hybridized carbons (Fsp3) is 0.583. The van der Waals surface area contributed by atoms with Crippen molar-refractivity contribution in [2.24, 2.45) is 17.8 Å². The van der Waals surface area contributed by atoms with Crippen molar-refractivity contribution in [2.75, 3.05) is 13.2 Å². The van der Waals surface area contributed by atoms with Crippen molar-refractivity contribution in [1.82, 2.24) is 16.0 Å². The third-order valence-corrected chi connectivity index (χ3v) is 6.09. The summed E-state index contributed by atoms with van der Waals surface area (Å²) in [4.78, 5) is 48.4. The fourth-order valence-electron chi connectivity index (χ4n) is 4.22. The Morgan fingerprint density at radius 2 is 1.97 bits per heavy atom. The molecular weight excluding hydrogens is 410 g/mol. The van der Waals surface area contributed by atoms with Crippen molar-refractivity contribution >= 4 is 24.2 Å². The second-order valence-corrected chi connectivity index (χ2v) is 9.20. The van der Waals surface area contributed by atoms with E-state index in [9.17, 15) is 19.2 Å². The van der Waals surface area contributed by atoms with Crippen LogP contribution in [0, 0.1) is 17.8 Å². The van der Waals surface area contributed by atoms with Gasteiger partial charge >= 0.3 is 6.09 Å². The number of alkyl carbamates (subject to hydrolysis) is 1. The number of carbonyl (C=O) groups excluding carboxylic acids is 4. The van der Waals surface area contributed by atoms with Crippen molar-refractivity contribution in [3.63, 3.8) is 0 Å². The molecule has 0 bridgehead atoms. The molecule has 8 heteroatoms. The molecule has 3 amide bonds. The Morgan fingerprint density at radius 1 is 1.22 bits per heavy atom. The first-order chi connectivity index (χ1) is 15.4. The van der Waals surface area contributed by atoms with E-state index in [4.69, 9.17) is 4.74 Å². The van der Waals surface area contributed by atoms with Crippen LogP contribution in [0.15, 0.2) is 30.3 Å². The molecule has 2 fully saturated rings. The average molecular weight is 444 g/mol. The summed E-state index contributed by atoms with van der Waals surface area (Å²) in [7, 11) is 0. The van der Waals surface area contributed by atoms with Gasteiger partial charge in [-0.25, -0.2) is 4.79 Å². The van der Waals surface area contributed by atoms with Crippen molar-refractivity contribution in [2.45, 2.75) is 57.5 Å². The molecule has 8 nitrogen and oxygen atoms in total. The Hall–Kier alpha value is -2.90. The van der Waals surface area contributed by atoms with Gasteiger partial charge in [0.2, 0.25) is 11.8 Å². The van der Waals surface area contributed by atoms with Crippen LogP contribution < -0.4 is 16.0 Å². The lowest BCUT2D eigenvalue weighted by molar-refractivity contribution is -0.127. The van der Waals surface area contributed by atoms with Crippen molar-refractivity contribution < 1.29 is 23.9 Å². The minimum absolute atomic E-state index is 0.0968. The highest BCUT2D eigenvalue weighted by molar-refractivity contribution is 5.88. The van der Waals surface area contributed by atoms with Gasteiger partial charge in [0.05, 0.1) is 12.6 Å². The molecule has 174 valence electrons. The number of rotatable bonds is 11. The molecule has 2 aliphatic rings. The molecular formula is C24H33N3O5. The summed E-state index contributed by atoms with van der Waals surface area (Å²) in [5.74, 6) is 0.00730. The summed E-state index contributed by atoms with van der Waals surface area (Å²) in [6.07, 6.45) is 2.29. The van der Waals surface area contributed by atoms with Crippen LogP contribution in [0.25, 0.3) is 0 Å². The molecule has 0 aromatic heterocycles. The van der Waals surface area contributed by atoms with E-state index >= 15 is 0 Å². The molecule has 1 heterocycles. The van der Waals surface area contributed by atoms with Gasteiger partial charge in [0.15, 0.2) is 0 Å². The monoisotopic (exact) mass is 443 g/mol. The van der Waals surface area contributed by atoms with Crippen LogP contribution in [0.3, 0.4) is 0 Å². The number of carbonyl (C=O) groups is 4. The Kier molecular flexibility index (Phi) is 8.25. The highest BCUT2D eigenvalue weighted by atomic mass is 16.5. The molecule has 0 radical (unpaired) electrons. The van der Waals surface area contributed by atoms with Crippen LogP contribution in [0.5, 0.6) is 0 Å². The molecule has 1 aromatic carbocycles. The van der Waals surface area contributed by atoms with E-state index in [0.717, 1.165) is 6.42 Å². The van der Waals surface area contributed by atoms with Gasteiger partial charge in [-0.15, -0.1) is 0 Å². The molecule has 1 aromatic rings. The number of benzene rings is 1. The zero-order chi connectivity index (χ0) is 23.1. The lowest BCUT2D eigenvalue weighted by Gasteiger charge is -2.23. The molecule has 1 aliphatic carbocycles. The number of aldehydes is 1. The number of ether oxygens (including phenoxy) is 1. The smallest absolute Gasteiger partial charge is 0.407 e. The largest absolute Gasteiger partial charge is 0.449 e. The normalized spacial score (nSPS) is 23.7. The molecule has 5 atom stereocenters. The molecule has 32 heavy (non-hydrogen) atoms. The Balaban J connectivity index is 1.47. The molecule has 3 rings (SSSR count). The van der Waals surface area contributed by atoms with E-state index in [1.54, 1.807) is 0 Å². The van der Waals surface area contributed by atoms with Gasteiger partial charge in [0.1, 0.15) is 12.3 Å². The first-order valence-electron chi connectivity index (χ1n) is 11.4. The highest BCUT2D eigenvalue weighted by Gasteiger charge is 2.39. The standard InChI is InChI=1S/C24H33N3O5/c1-15(2)10-21(23(30)26-19(13-28)11-17-8-9-25-22(17)29)27-24(31)32-14-18-12-20(18)16-6-4-3-5-7-16/h3-7,13,15,17-21H,8-12,14H2,1-2H3,(H,25,29)(H,26,30)(H,27,31)/t17-,18-,19-,20-,21-/m0/s1. The van der Waals surface area contributed by atoms with Crippen LogP contribution in [-0.2, 0) is 19.1 Å². The van der Waals surface area contributed by atoms with Crippen LogP contribution in [0.4, 0.5) is 4.79 Å². The van der Waals surface area contributed by atoms with Crippen molar-refractivity contribution in [3.8, 4) is 0 Å². The molecule has 1 aliphatic heterocycles. The summed E-state index contributed by atoms with van der Waals surface area (Å²) in [5, 5.41) is 8.05. The zero-order valence-corrected chi connectivity index (χ0v) is 18.7. The number of hydrogen-bond acceptors (Lipinski definition) is 5. The Labute approximate surface area is 188 Å². The molecule has 3 N–H and O–H groups in total. The summed E-state index contributed by atoms with van der Waals surface area (Å²) >= 11 is 0. The van der Waals surface area contributed by atoms with Gasteiger partial charge in [-0.2, -0.15) is 0 Å². The number of nitrogens with one attached hydrogen (secondary N) is 3. The SMILES string of the molecule is CC(C)C[C@H](NC(=O)OC[C@@H]1C[C@H]1c1ccccc1)C(=O)N[C@H](C=O)C[C@@H]1CCNC1=O. The van der Waals surface area contributed by atoms with Gasteiger partial charge in [0.25, 0.3) is 0 Å². The lowest BCUT2D eigenvalue weighted by Crippen LogP contribution is -2.51. The van der Waals surface area contributed by atoms with Crippen molar-refractivity contribution in [3.05, 3.63) is 35.9 Å². The van der Waals surface area contributed by atoms with E-state index in [2.05, 4.69) is 28.1 Å². The second kappa shape index (κ2) is 11.1. The van der Waals surface area contributed by atoms with E-state index in [-0.39, 0.29) is 30.1 Å². The van der Waals surface area contributed by atoms with Crippen LogP contribution in [0.2, 0.25) is 0 Å². The summed E-state index contributed by atoms with van der Waals surface area (Å²) in [6, 6.07) is 8.54. The van der Waals surface area contributed by atoms with E-state index < -0.39 is 24.1 Å². The van der Waals surface area contributed by atoms with Crippen LogP contribution >= 0.6 is 0 Å². The zero-order valence-electron chi connectivity index (χ0n) is 18.7. The van der Waals surface area contributed by atoms with Crippen LogP contribution in [-0.4, -0.2) is 49.4 Å². The molecule has 0 spiro atoms. The molecule has 1 saturated heterocycles. The number of hydrogen-bond donors (Lipinski definition) is 3. The van der Waals surface area contributed by atoms with E-state index in [1.165, 1.54) is 5.56 Å². The maximum Gasteiger partial charge on any atom is 0.407 e. The third kappa shape index (κ3) is 6.80. The first kappa shape index (κ1) is 23.8. The van der Waals surface area contributed by atoms with Gasteiger partial charge in [-0.3, -0.25) is 9.59 Å². The van der Waals surface area contributed by atoms with Gasteiger partial charge in [0, 0.05) is 18.4 Å². The first-order valence-corrected chi connectivity index (χ1v) is 11.4. The fourth-order valence-corrected chi connectivity index (χ4v) is 4.22. The summed E-state index contributed by atoms with van der Waals surface area (Å²) in [6.45, 7) is 4.78. The quantitative estimate of drug-likeness (QED) is 0.454. The maximum atomic E-state index is 12.8. The summed E-state index contributed by atoms with van der Waals surface area (Å²) in [5.41, 5.74) is 1.24. The van der Waals surface area contributed by atoms with E-state index in [0.29, 0.717) is 38.2 Å². The van der Waals surface area contributed by atoms with Gasteiger partial charge in [-0.05, 0) is 43.1 Å². The maximum absolute atomic E-state index is 12.8. The Morgan fingerprint density at radius 3 is 2.59 bits per heavy atom. The third-order valence-electron chi connectivity index (χ3n) is 6.09. The van der Waals surface area contributed by atoms with Gasteiger partial charge in [-0.1, -0.05) is 44.2 Å². The predicted molar refractivity (Wildman–Crippen MR) is 119 cm³/mol. The number of amides is 3. The highest BCUT2D eigenvalue weighted by Crippen LogP contribution is 2.47. The summed E-state index contributed by atoms with van der Waals surface area (Å²) < 4.78 is 5.38. The molecule has 0 unspecified atom stereocenters. The molecule has 1 saturated carbocycles. The van der Waals surface area contributed by atoms with E-state index in [1.807, 2.05) is 32.0 Å². The average Bonchev–Trinajstić information content (AvgIpc) is 3.45. The second-order valence-electron chi connectivity index (χ2n) is 9.20. The topological polar surface area (TPSA) is 114 Å². The lowest BCUT2D eigenvalue weighted by atomic mass is 9.98.